The molecule has 2 rings (SSSR count). The number of thioether (sulfide) groups is 1. The monoisotopic (exact) mass is 228 g/mol. The molecule has 0 saturated carbocycles. The van der Waals surface area contributed by atoms with Gasteiger partial charge in [-0.25, -0.2) is 0 Å². The lowest BCUT2D eigenvalue weighted by molar-refractivity contribution is 0.0454. The van der Waals surface area contributed by atoms with E-state index in [1.54, 1.807) is 18.8 Å². The molecular weight excluding hydrogens is 216 g/mol. The molecule has 1 N–H and O–H groups in total. The molecule has 1 fully saturated rings. The molecular formula is C8H12N4O2S. The van der Waals surface area contributed by atoms with Gasteiger partial charge in [0.05, 0.1) is 25.6 Å². The molecule has 2 heterocycles. The van der Waals surface area contributed by atoms with Crippen LogP contribution in [0.3, 0.4) is 0 Å². The van der Waals surface area contributed by atoms with Gasteiger partial charge in [0.25, 0.3) is 0 Å². The number of nitrogens with zero attached hydrogens (tertiary/aromatic N) is 3. The largest absolute Gasteiger partial charge is 0.467 e. The SMILES string of the molecule is CNc1nc(OC)nc(SC2COC2)n1. The zero-order valence-corrected chi connectivity index (χ0v) is 9.37. The fourth-order valence-corrected chi connectivity index (χ4v) is 1.92. The standard InChI is InChI=1S/C8H12N4O2S/c1-9-6-10-7(13-2)12-8(11-6)15-5-3-14-4-5/h5H,3-4H2,1-2H3,(H,9,10,11,12). The van der Waals surface area contributed by atoms with Gasteiger partial charge >= 0.3 is 6.01 Å². The van der Waals surface area contributed by atoms with Gasteiger partial charge in [0, 0.05) is 7.05 Å². The van der Waals surface area contributed by atoms with E-state index in [0.29, 0.717) is 22.4 Å². The second-order valence-corrected chi connectivity index (χ2v) is 4.22. The highest BCUT2D eigenvalue weighted by Gasteiger charge is 2.21. The highest BCUT2D eigenvalue weighted by Crippen LogP contribution is 2.26. The Morgan fingerprint density at radius 2 is 2.20 bits per heavy atom. The fraction of sp³-hybridized carbons (Fsp3) is 0.625. The Morgan fingerprint density at radius 1 is 1.40 bits per heavy atom. The van der Waals surface area contributed by atoms with Gasteiger partial charge in [0.2, 0.25) is 5.95 Å². The van der Waals surface area contributed by atoms with Gasteiger partial charge in [-0.1, -0.05) is 11.8 Å². The molecule has 15 heavy (non-hydrogen) atoms. The molecule has 0 radical (unpaired) electrons. The minimum Gasteiger partial charge on any atom is -0.467 e. The van der Waals surface area contributed by atoms with E-state index in [4.69, 9.17) is 9.47 Å². The molecule has 1 aromatic heterocycles. The number of aromatic nitrogens is 3. The molecule has 7 heteroatoms. The van der Waals surface area contributed by atoms with Crippen LogP contribution >= 0.6 is 11.8 Å². The highest BCUT2D eigenvalue weighted by molar-refractivity contribution is 7.99. The highest BCUT2D eigenvalue weighted by atomic mass is 32.2. The topological polar surface area (TPSA) is 69.2 Å². The minimum atomic E-state index is 0.331. The zero-order valence-electron chi connectivity index (χ0n) is 8.56. The molecule has 0 unspecified atom stereocenters. The Morgan fingerprint density at radius 3 is 2.73 bits per heavy atom. The maximum Gasteiger partial charge on any atom is 0.321 e. The van der Waals surface area contributed by atoms with Crippen molar-refractivity contribution in [3.05, 3.63) is 0 Å². The first-order valence-corrected chi connectivity index (χ1v) is 5.42. The van der Waals surface area contributed by atoms with Crippen molar-refractivity contribution < 1.29 is 9.47 Å². The summed E-state index contributed by atoms with van der Waals surface area (Å²) in [5.41, 5.74) is 0. The maximum atomic E-state index is 5.08. The third-order valence-corrected chi connectivity index (χ3v) is 2.88. The molecule has 1 aromatic rings. The molecule has 0 spiro atoms. The molecule has 0 aromatic carbocycles. The molecule has 0 bridgehead atoms. The molecule has 82 valence electrons. The maximum absolute atomic E-state index is 5.08. The summed E-state index contributed by atoms with van der Waals surface area (Å²) in [6, 6.07) is 0.331. The number of methoxy groups -OCH3 is 1. The van der Waals surface area contributed by atoms with Crippen molar-refractivity contribution in [3.63, 3.8) is 0 Å². The Kier molecular flexibility index (Phi) is 3.22. The first kappa shape index (κ1) is 10.4. The van der Waals surface area contributed by atoms with Crippen LogP contribution in [0.5, 0.6) is 6.01 Å². The van der Waals surface area contributed by atoms with Gasteiger partial charge in [-0.15, -0.1) is 0 Å². The van der Waals surface area contributed by atoms with Crippen molar-refractivity contribution in [2.45, 2.75) is 10.4 Å². The van der Waals surface area contributed by atoms with Crippen molar-refractivity contribution in [1.82, 2.24) is 15.0 Å². The van der Waals surface area contributed by atoms with Crippen LogP contribution in [-0.4, -0.2) is 47.6 Å². The van der Waals surface area contributed by atoms with Gasteiger partial charge in [-0.05, 0) is 0 Å². The Labute approximate surface area is 91.8 Å². The van der Waals surface area contributed by atoms with Crippen LogP contribution in [0.25, 0.3) is 0 Å². The smallest absolute Gasteiger partial charge is 0.321 e. The van der Waals surface area contributed by atoms with Crippen LogP contribution in [-0.2, 0) is 4.74 Å². The van der Waals surface area contributed by atoms with E-state index in [9.17, 15) is 0 Å². The van der Waals surface area contributed by atoms with Crippen LogP contribution in [0.4, 0.5) is 5.95 Å². The average molecular weight is 228 g/mol. The summed E-state index contributed by atoms with van der Waals surface area (Å²) in [5, 5.41) is 3.98. The summed E-state index contributed by atoms with van der Waals surface area (Å²) in [5.74, 6) is 0.518. The summed E-state index contributed by atoms with van der Waals surface area (Å²) in [4.78, 5) is 12.4. The van der Waals surface area contributed by atoms with Crippen LogP contribution in [0.15, 0.2) is 5.16 Å². The quantitative estimate of drug-likeness (QED) is 0.800. The normalized spacial score (nSPS) is 15.9. The average Bonchev–Trinajstić information content (AvgIpc) is 2.23. The van der Waals surface area contributed by atoms with Crippen LogP contribution in [0.1, 0.15) is 0 Å². The van der Waals surface area contributed by atoms with Crippen molar-refractivity contribution in [1.29, 1.82) is 0 Å². The number of nitrogens with one attached hydrogen (secondary N) is 1. The zero-order chi connectivity index (χ0) is 10.7. The van der Waals surface area contributed by atoms with E-state index in [2.05, 4.69) is 20.3 Å². The lowest BCUT2D eigenvalue weighted by Crippen LogP contribution is -2.30. The minimum absolute atomic E-state index is 0.331. The number of hydrogen-bond acceptors (Lipinski definition) is 7. The lowest BCUT2D eigenvalue weighted by Gasteiger charge is -2.24. The van der Waals surface area contributed by atoms with Gasteiger partial charge in [-0.2, -0.15) is 15.0 Å². The van der Waals surface area contributed by atoms with Crippen LogP contribution < -0.4 is 10.1 Å². The first-order chi connectivity index (χ1) is 7.31. The molecule has 0 aliphatic carbocycles. The predicted octanol–water partition coefficient (Wildman–Crippen LogP) is 0.413. The second kappa shape index (κ2) is 4.63. The Hall–Kier alpha value is -1.08. The van der Waals surface area contributed by atoms with E-state index in [-0.39, 0.29) is 0 Å². The van der Waals surface area contributed by atoms with Crippen LogP contribution in [0.2, 0.25) is 0 Å². The summed E-state index contributed by atoms with van der Waals surface area (Å²) >= 11 is 1.58. The van der Waals surface area contributed by atoms with Crippen molar-refractivity contribution in [2.24, 2.45) is 0 Å². The predicted molar refractivity (Wildman–Crippen MR) is 56.4 cm³/mol. The van der Waals surface area contributed by atoms with E-state index >= 15 is 0 Å². The molecule has 1 aliphatic rings. The van der Waals surface area contributed by atoms with E-state index in [1.807, 2.05) is 0 Å². The van der Waals surface area contributed by atoms with Gasteiger partial charge in [0.1, 0.15) is 0 Å². The van der Waals surface area contributed by atoms with Gasteiger partial charge in [0.15, 0.2) is 5.16 Å². The molecule has 6 nitrogen and oxygen atoms in total. The second-order valence-electron chi connectivity index (χ2n) is 2.96. The van der Waals surface area contributed by atoms with Gasteiger partial charge < -0.3 is 14.8 Å². The Balaban J connectivity index is 2.13. The molecule has 1 aliphatic heterocycles. The van der Waals surface area contributed by atoms with E-state index < -0.39 is 0 Å². The number of hydrogen-bond donors (Lipinski definition) is 1. The number of anilines is 1. The van der Waals surface area contributed by atoms with Crippen molar-refractivity contribution in [2.75, 3.05) is 32.7 Å². The van der Waals surface area contributed by atoms with E-state index in [0.717, 1.165) is 13.2 Å². The summed E-state index contributed by atoms with van der Waals surface area (Å²) in [6.45, 7) is 1.51. The first-order valence-electron chi connectivity index (χ1n) is 4.54. The van der Waals surface area contributed by atoms with Crippen molar-refractivity contribution in [3.8, 4) is 6.01 Å². The number of rotatable bonds is 4. The van der Waals surface area contributed by atoms with Crippen LogP contribution in [0, 0.1) is 0 Å². The summed E-state index contributed by atoms with van der Waals surface area (Å²) < 4.78 is 10.1. The third-order valence-electron chi connectivity index (χ3n) is 1.88. The lowest BCUT2D eigenvalue weighted by atomic mass is 10.4. The Bertz CT molecular complexity index is 323. The molecule has 0 amide bonds. The van der Waals surface area contributed by atoms with E-state index in [1.165, 1.54) is 7.11 Å². The van der Waals surface area contributed by atoms with Gasteiger partial charge in [-0.3, -0.25) is 0 Å². The summed E-state index contributed by atoms with van der Waals surface area (Å²) in [7, 11) is 3.30. The molecule has 1 saturated heterocycles. The third kappa shape index (κ3) is 2.48. The van der Waals surface area contributed by atoms with Crippen molar-refractivity contribution >= 4 is 17.7 Å². The molecule has 0 atom stereocenters. The fourth-order valence-electron chi connectivity index (χ4n) is 1.02. The summed E-state index contributed by atoms with van der Waals surface area (Å²) in [6.07, 6.45) is 0. The number of ether oxygens (including phenoxy) is 2.